The Bertz CT molecular complexity index is 843. The lowest BCUT2D eigenvalue weighted by atomic mass is 10.1. The van der Waals surface area contributed by atoms with Crippen LogP contribution in [0.5, 0.6) is 0 Å². The molecule has 0 fully saturated rings. The maximum Gasteiger partial charge on any atom is 0.246 e. The molecule has 0 heterocycles. The van der Waals surface area contributed by atoms with E-state index in [9.17, 15) is 21.6 Å². The predicted molar refractivity (Wildman–Crippen MR) is 83.8 cm³/mol. The summed E-state index contributed by atoms with van der Waals surface area (Å²) in [6, 6.07) is 5.88. The number of halogens is 4. The van der Waals surface area contributed by atoms with Gasteiger partial charge in [0.15, 0.2) is 11.6 Å². The van der Waals surface area contributed by atoms with Crippen LogP contribution in [0.25, 0.3) is 0 Å². The second kappa shape index (κ2) is 6.62. The van der Waals surface area contributed by atoms with Gasteiger partial charge in [-0.2, -0.15) is 4.31 Å². The van der Waals surface area contributed by atoms with Crippen molar-refractivity contribution in [3.05, 3.63) is 63.9 Å². The van der Waals surface area contributed by atoms with Crippen molar-refractivity contribution in [3.8, 4) is 0 Å². The van der Waals surface area contributed by atoms with E-state index in [4.69, 9.17) is 0 Å². The molecular formula is C15H13BrF3NO2S. The van der Waals surface area contributed by atoms with Crippen molar-refractivity contribution in [2.75, 3.05) is 7.05 Å². The van der Waals surface area contributed by atoms with Gasteiger partial charge in [-0.15, -0.1) is 0 Å². The van der Waals surface area contributed by atoms with Gasteiger partial charge in [-0.3, -0.25) is 0 Å². The zero-order valence-electron chi connectivity index (χ0n) is 12.2. The highest BCUT2D eigenvalue weighted by Crippen LogP contribution is 2.29. The average Bonchev–Trinajstić information content (AvgIpc) is 2.50. The summed E-state index contributed by atoms with van der Waals surface area (Å²) in [4.78, 5) is -0.496. The van der Waals surface area contributed by atoms with Crippen LogP contribution in [0, 0.1) is 17.5 Å². The molecule has 23 heavy (non-hydrogen) atoms. The van der Waals surface area contributed by atoms with Crippen LogP contribution in [0.2, 0.25) is 0 Å². The van der Waals surface area contributed by atoms with Crippen molar-refractivity contribution < 1.29 is 21.6 Å². The minimum absolute atomic E-state index is 0.255. The van der Waals surface area contributed by atoms with Crippen LogP contribution in [-0.4, -0.2) is 19.8 Å². The van der Waals surface area contributed by atoms with Crippen molar-refractivity contribution in [2.24, 2.45) is 0 Å². The number of benzene rings is 2. The van der Waals surface area contributed by atoms with Gasteiger partial charge in [0.25, 0.3) is 0 Å². The first-order valence-electron chi connectivity index (χ1n) is 6.52. The Kier molecular flexibility index (Phi) is 5.17. The molecule has 1 atom stereocenters. The Morgan fingerprint density at radius 3 is 2.22 bits per heavy atom. The number of sulfonamides is 1. The van der Waals surface area contributed by atoms with Gasteiger partial charge in [0, 0.05) is 17.6 Å². The average molecular weight is 408 g/mol. The lowest BCUT2D eigenvalue weighted by Gasteiger charge is -2.25. The summed E-state index contributed by atoms with van der Waals surface area (Å²) in [7, 11) is -2.90. The molecular weight excluding hydrogens is 395 g/mol. The van der Waals surface area contributed by atoms with Crippen molar-refractivity contribution in [1.82, 2.24) is 4.31 Å². The van der Waals surface area contributed by atoms with Gasteiger partial charge in [0.2, 0.25) is 10.0 Å². The van der Waals surface area contributed by atoms with Crippen molar-refractivity contribution in [3.63, 3.8) is 0 Å². The predicted octanol–water partition coefficient (Wildman–Crippen LogP) is 4.25. The largest absolute Gasteiger partial charge is 0.246 e. The summed E-state index contributed by atoms with van der Waals surface area (Å²) in [6.45, 7) is 1.50. The van der Waals surface area contributed by atoms with Crippen molar-refractivity contribution in [1.29, 1.82) is 0 Å². The zero-order chi connectivity index (χ0) is 17.4. The first-order chi connectivity index (χ1) is 10.6. The van der Waals surface area contributed by atoms with E-state index in [-0.39, 0.29) is 5.56 Å². The van der Waals surface area contributed by atoms with Crippen LogP contribution in [0.3, 0.4) is 0 Å². The minimum atomic E-state index is -4.15. The SMILES string of the molecule is CC(c1ccc(F)c(F)c1)N(C)S(=O)(=O)c1cc(Br)ccc1F. The summed E-state index contributed by atoms with van der Waals surface area (Å²) >= 11 is 3.10. The third kappa shape index (κ3) is 3.59. The minimum Gasteiger partial charge on any atom is -0.207 e. The molecule has 0 N–H and O–H groups in total. The molecule has 0 aromatic heterocycles. The quantitative estimate of drug-likeness (QED) is 0.759. The molecule has 0 spiro atoms. The molecule has 2 rings (SSSR count). The van der Waals surface area contributed by atoms with Crippen molar-refractivity contribution in [2.45, 2.75) is 17.9 Å². The van der Waals surface area contributed by atoms with Gasteiger partial charge in [0.1, 0.15) is 10.7 Å². The standard InChI is InChI=1S/C15H13BrF3NO2S/c1-9(10-3-5-12(17)14(19)7-10)20(2)23(21,22)15-8-11(16)4-6-13(15)18/h3-9H,1-2H3. The van der Waals surface area contributed by atoms with E-state index in [1.165, 1.54) is 26.1 Å². The Hall–Kier alpha value is -1.38. The van der Waals surface area contributed by atoms with Crippen molar-refractivity contribution >= 4 is 26.0 Å². The third-order valence-electron chi connectivity index (χ3n) is 3.52. The summed E-state index contributed by atoms with van der Waals surface area (Å²) in [5.41, 5.74) is 0.255. The second-order valence-corrected chi connectivity index (χ2v) is 7.83. The lowest BCUT2D eigenvalue weighted by molar-refractivity contribution is 0.392. The molecule has 0 aliphatic carbocycles. The third-order valence-corrected chi connectivity index (χ3v) is 5.96. The molecule has 0 radical (unpaired) electrons. The topological polar surface area (TPSA) is 37.4 Å². The van der Waals surface area contributed by atoms with E-state index >= 15 is 0 Å². The van der Waals surface area contributed by atoms with E-state index in [1.54, 1.807) is 0 Å². The maximum atomic E-state index is 13.9. The Morgan fingerprint density at radius 2 is 1.61 bits per heavy atom. The molecule has 1 unspecified atom stereocenters. The summed E-state index contributed by atoms with van der Waals surface area (Å²) in [5.74, 6) is -2.99. The number of rotatable bonds is 4. The molecule has 0 aliphatic rings. The first-order valence-corrected chi connectivity index (χ1v) is 8.76. The number of hydrogen-bond acceptors (Lipinski definition) is 2. The number of hydrogen-bond donors (Lipinski definition) is 0. The fourth-order valence-electron chi connectivity index (χ4n) is 2.02. The fourth-order valence-corrected chi connectivity index (χ4v) is 3.97. The first kappa shape index (κ1) is 18.0. The Morgan fingerprint density at radius 1 is 1.00 bits per heavy atom. The highest BCUT2D eigenvalue weighted by atomic mass is 79.9. The molecule has 2 aromatic rings. The Labute approximate surface area is 140 Å². The van der Waals surface area contributed by atoms with Gasteiger partial charge in [-0.05, 0) is 42.8 Å². The highest BCUT2D eigenvalue weighted by Gasteiger charge is 2.29. The normalized spacial score (nSPS) is 13.3. The second-order valence-electron chi connectivity index (χ2n) is 4.95. The molecule has 8 heteroatoms. The lowest BCUT2D eigenvalue weighted by Crippen LogP contribution is -2.30. The molecule has 0 bridgehead atoms. The molecule has 2 aromatic carbocycles. The smallest absolute Gasteiger partial charge is 0.207 e. The monoisotopic (exact) mass is 407 g/mol. The van der Waals surface area contributed by atoms with Crippen LogP contribution < -0.4 is 0 Å². The number of nitrogens with zero attached hydrogens (tertiary/aromatic N) is 1. The van der Waals surface area contributed by atoms with Crippen LogP contribution in [0.1, 0.15) is 18.5 Å². The summed E-state index contributed by atoms with van der Waals surface area (Å²) < 4.78 is 66.7. The van der Waals surface area contributed by atoms with Gasteiger partial charge in [-0.1, -0.05) is 22.0 Å². The summed E-state index contributed by atoms with van der Waals surface area (Å²) in [5, 5.41) is 0. The van der Waals surface area contributed by atoms with Crippen LogP contribution >= 0.6 is 15.9 Å². The molecule has 0 amide bonds. The molecule has 0 saturated carbocycles. The van der Waals surface area contributed by atoms with Gasteiger partial charge < -0.3 is 0 Å². The van der Waals surface area contributed by atoms with E-state index in [0.29, 0.717) is 4.47 Å². The van der Waals surface area contributed by atoms with Gasteiger partial charge in [-0.25, -0.2) is 21.6 Å². The molecule has 3 nitrogen and oxygen atoms in total. The van der Waals surface area contributed by atoms with E-state index in [0.717, 1.165) is 28.6 Å². The zero-order valence-corrected chi connectivity index (χ0v) is 14.6. The van der Waals surface area contributed by atoms with E-state index in [2.05, 4.69) is 15.9 Å². The van der Waals surface area contributed by atoms with Gasteiger partial charge in [0.05, 0.1) is 0 Å². The van der Waals surface area contributed by atoms with Crippen LogP contribution in [0.15, 0.2) is 45.8 Å². The van der Waals surface area contributed by atoms with E-state index < -0.39 is 38.4 Å². The fraction of sp³-hybridized carbons (Fsp3) is 0.200. The van der Waals surface area contributed by atoms with Crippen LogP contribution in [-0.2, 0) is 10.0 Å². The molecule has 124 valence electrons. The highest BCUT2D eigenvalue weighted by molar-refractivity contribution is 9.10. The van der Waals surface area contributed by atoms with Gasteiger partial charge >= 0.3 is 0 Å². The molecule has 0 aliphatic heterocycles. The van der Waals surface area contributed by atoms with Crippen LogP contribution in [0.4, 0.5) is 13.2 Å². The summed E-state index contributed by atoms with van der Waals surface area (Å²) in [6.07, 6.45) is 0. The van der Waals surface area contributed by atoms with E-state index in [1.807, 2.05) is 0 Å². The molecule has 0 saturated heterocycles. The maximum absolute atomic E-state index is 13.9. The Balaban J connectivity index is 2.43.